The SMILES string of the molecule is [NH3+][C@@H](Cc1c[nH]c2ccccc12)c1nnc(SCC(=O)Nc2cccc(Cl)c2)o1. The van der Waals surface area contributed by atoms with E-state index in [0.29, 0.717) is 28.2 Å². The fraction of sp³-hybridized carbons (Fsp3) is 0.150. The third-order valence-corrected chi connectivity index (χ3v) is 5.40. The molecular weight excluding hydrogens is 410 g/mol. The highest BCUT2D eigenvalue weighted by Crippen LogP contribution is 2.24. The molecule has 5 N–H and O–H groups in total. The van der Waals surface area contributed by atoms with Crippen LogP contribution in [0.2, 0.25) is 5.02 Å². The van der Waals surface area contributed by atoms with Crippen molar-refractivity contribution in [3.63, 3.8) is 0 Å². The summed E-state index contributed by atoms with van der Waals surface area (Å²) in [5.74, 6) is 0.424. The Morgan fingerprint density at radius 2 is 2.10 bits per heavy atom. The van der Waals surface area contributed by atoms with Crippen LogP contribution in [0.1, 0.15) is 17.5 Å². The number of fused-ring (bicyclic) bond motifs is 1. The largest absolute Gasteiger partial charge is 0.410 e. The van der Waals surface area contributed by atoms with Gasteiger partial charge in [-0.25, -0.2) is 0 Å². The van der Waals surface area contributed by atoms with E-state index in [2.05, 4.69) is 32.3 Å². The third-order valence-electron chi connectivity index (χ3n) is 4.35. The van der Waals surface area contributed by atoms with Crippen LogP contribution in [-0.2, 0) is 11.2 Å². The van der Waals surface area contributed by atoms with Gasteiger partial charge in [0.15, 0.2) is 6.04 Å². The summed E-state index contributed by atoms with van der Waals surface area (Å²) in [4.78, 5) is 15.3. The molecule has 0 radical (unpaired) electrons. The van der Waals surface area contributed by atoms with Gasteiger partial charge in [0, 0.05) is 34.2 Å². The van der Waals surface area contributed by atoms with E-state index < -0.39 is 0 Å². The van der Waals surface area contributed by atoms with E-state index in [1.54, 1.807) is 24.3 Å². The Balaban J connectivity index is 1.33. The second-order valence-corrected chi connectivity index (χ2v) is 7.88. The molecule has 2 heterocycles. The number of nitrogens with zero attached hydrogens (tertiary/aromatic N) is 2. The van der Waals surface area contributed by atoms with E-state index in [1.807, 2.05) is 24.4 Å². The first kappa shape index (κ1) is 19.5. The zero-order valence-electron chi connectivity index (χ0n) is 15.4. The molecule has 1 atom stereocenters. The number of carbonyl (C=O) groups excluding carboxylic acids is 1. The van der Waals surface area contributed by atoms with Crippen LogP contribution in [0.3, 0.4) is 0 Å². The quantitative estimate of drug-likeness (QED) is 0.390. The average Bonchev–Trinajstić information content (AvgIpc) is 3.34. The normalized spacial score (nSPS) is 12.2. The molecule has 0 unspecified atom stereocenters. The van der Waals surface area contributed by atoms with Gasteiger partial charge in [0.2, 0.25) is 5.91 Å². The smallest absolute Gasteiger partial charge is 0.277 e. The maximum absolute atomic E-state index is 12.1. The molecule has 0 aliphatic rings. The summed E-state index contributed by atoms with van der Waals surface area (Å²) in [6.07, 6.45) is 2.65. The Morgan fingerprint density at radius 3 is 2.97 bits per heavy atom. The van der Waals surface area contributed by atoms with E-state index in [4.69, 9.17) is 16.0 Å². The molecule has 0 aliphatic heterocycles. The number of aromatic amines is 1. The van der Waals surface area contributed by atoms with Gasteiger partial charge >= 0.3 is 0 Å². The first-order valence-corrected chi connectivity index (χ1v) is 10.3. The highest BCUT2D eigenvalue weighted by molar-refractivity contribution is 7.99. The summed E-state index contributed by atoms with van der Waals surface area (Å²) in [5.41, 5.74) is 7.03. The molecule has 0 spiro atoms. The predicted octanol–water partition coefficient (Wildman–Crippen LogP) is 3.46. The standard InChI is InChI=1S/C20H18ClN5O2S/c21-13-4-3-5-14(9-13)24-18(27)11-29-20-26-25-19(28-20)16(22)8-12-10-23-17-7-2-1-6-15(12)17/h1-7,9-10,16,23H,8,11,22H2,(H,24,27)/p+1/t16-/m0/s1. The van der Waals surface area contributed by atoms with E-state index >= 15 is 0 Å². The number of rotatable bonds is 7. The van der Waals surface area contributed by atoms with Gasteiger partial charge in [-0.3, -0.25) is 4.79 Å². The molecule has 7 nitrogen and oxygen atoms in total. The second-order valence-electron chi connectivity index (χ2n) is 6.51. The Morgan fingerprint density at radius 1 is 1.24 bits per heavy atom. The number of halogens is 1. The first-order chi connectivity index (χ1) is 14.1. The van der Waals surface area contributed by atoms with Crippen molar-refractivity contribution in [2.75, 3.05) is 11.1 Å². The summed E-state index contributed by atoms with van der Waals surface area (Å²) in [6, 6.07) is 14.9. The number of para-hydroxylation sites is 1. The minimum absolute atomic E-state index is 0.151. The summed E-state index contributed by atoms with van der Waals surface area (Å²) in [7, 11) is 0. The van der Waals surface area contributed by atoms with Crippen LogP contribution in [0, 0.1) is 0 Å². The van der Waals surface area contributed by atoms with Crippen LogP contribution in [0.15, 0.2) is 64.4 Å². The minimum atomic E-state index is -0.184. The number of benzene rings is 2. The molecule has 4 rings (SSSR count). The van der Waals surface area contributed by atoms with Crippen molar-refractivity contribution in [1.82, 2.24) is 15.2 Å². The minimum Gasteiger partial charge on any atom is -0.410 e. The molecule has 2 aromatic carbocycles. The number of amides is 1. The van der Waals surface area contributed by atoms with Crippen molar-refractivity contribution >= 4 is 45.9 Å². The van der Waals surface area contributed by atoms with Gasteiger partial charge in [-0.1, -0.05) is 47.6 Å². The molecule has 0 bridgehead atoms. The fourth-order valence-corrected chi connectivity index (χ4v) is 3.75. The number of hydrogen-bond acceptors (Lipinski definition) is 5. The summed E-state index contributed by atoms with van der Waals surface area (Å²) < 4.78 is 5.69. The lowest BCUT2D eigenvalue weighted by molar-refractivity contribution is -0.431. The average molecular weight is 429 g/mol. The number of anilines is 1. The van der Waals surface area contributed by atoms with Gasteiger partial charge in [0.25, 0.3) is 11.1 Å². The van der Waals surface area contributed by atoms with Gasteiger partial charge < -0.3 is 20.5 Å². The maximum atomic E-state index is 12.1. The summed E-state index contributed by atoms with van der Waals surface area (Å²) in [5, 5.41) is 13.0. The molecule has 9 heteroatoms. The van der Waals surface area contributed by atoms with Crippen LogP contribution < -0.4 is 11.1 Å². The van der Waals surface area contributed by atoms with Gasteiger partial charge in [-0.2, -0.15) is 0 Å². The number of thioether (sulfide) groups is 1. The monoisotopic (exact) mass is 428 g/mol. The van der Waals surface area contributed by atoms with Gasteiger partial charge in [-0.05, 0) is 29.8 Å². The number of quaternary nitrogens is 1. The molecule has 2 aromatic heterocycles. The maximum Gasteiger partial charge on any atom is 0.277 e. The lowest BCUT2D eigenvalue weighted by Gasteiger charge is -2.04. The molecule has 0 saturated carbocycles. The van der Waals surface area contributed by atoms with E-state index in [0.717, 1.165) is 16.5 Å². The Bertz CT molecular complexity index is 1140. The van der Waals surface area contributed by atoms with Gasteiger partial charge in [0.05, 0.1) is 5.75 Å². The Kier molecular flexibility index (Phi) is 5.84. The topological polar surface area (TPSA) is 111 Å². The molecule has 0 aliphatic carbocycles. The molecule has 0 fully saturated rings. The highest BCUT2D eigenvalue weighted by Gasteiger charge is 2.20. The molecule has 148 valence electrons. The van der Waals surface area contributed by atoms with E-state index in [-0.39, 0.29) is 17.7 Å². The lowest BCUT2D eigenvalue weighted by Crippen LogP contribution is -2.54. The van der Waals surface area contributed by atoms with Crippen LogP contribution in [-0.4, -0.2) is 26.8 Å². The fourth-order valence-electron chi connectivity index (χ4n) is 2.99. The van der Waals surface area contributed by atoms with Crippen molar-refractivity contribution in [2.24, 2.45) is 0 Å². The van der Waals surface area contributed by atoms with Crippen molar-refractivity contribution < 1.29 is 14.9 Å². The summed E-state index contributed by atoms with van der Waals surface area (Å²) >= 11 is 7.10. The zero-order chi connectivity index (χ0) is 20.2. The van der Waals surface area contributed by atoms with Crippen molar-refractivity contribution in [2.45, 2.75) is 17.7 Å². The van der Waals surface area contributed by atoms with E-state index in [1.165, 1.54) is 11.8 Å². The van der Waals surface area contributed by atoms with E-state index in [9.17, 15) is 4.79 Å². The summed E-state index contributed by atoms with van der Waals surface area (Å²) in [6.45, 7) is 0. The lowest BCUT2D eigenvalue weighted by atomic mass is 10.1. The molecular formula is C20H19ClN5O2S+. The predicted molar refractivity (Wildman–Crippen MR) is 113 cm³/mol. The Hall–Kier alpha value is -2.81. The van der Waals surface area contributed by atoms with Crippen molar-refractivity contribution in [3.8, 4) is 0 Å². The van der Waals surface area contributed by atoms with Gasteiger partial charge in [0.1, 0.15) is 0 Å². The van der Waals surface area contributed by atoms with Crippen molar-refractivity contribution in [3.05, 3.63) is 71.2 Å². The highest BCUT2D eigenvalue weighted by atomic mass is 35.5. The molecule has 0 saturated heterocycles. The van der Waals surface area contributed by atoms with Crippen LogP contribution in [0.5, 0.6) is 0 Å². The third kappa shape index (κ3) is 4.79. The Labute approximate surface area is 176 Å². The van der Waals surface area contributed by atoms with Crippen molar-refractivity contribution in [1.29, 1.82) is 0 Å². The van der Waals surface area contributed by atoms with Crippen LogP contribution in [0.4, 0.5) is 5.69 Å². The number of H-pyrrole nitrogens is 1. The van der Waals surface area contributed by atoms with Crippen LogP contribution in [0.25, 0.3) is 10.9 Å². The van der Waals surface area contributed by atoms with Crippen LogP contribution >= 0.6 is 23.4 Å². The molecule has 29 heavy (non-hydrogen) atoms. The second kappa shape index (κ2) is 8.69. The number of hydrogen-bond donors (Lipinski definition) is 3. The first-order valence-electron chi connectivity index (χ1n) is 8.98. The molecule has 1 amide bonds. The number of aromatic nitrogens is 3. The zero-order valence-corrected chi connectivity index (χ0v) is 17.0. The number of carbonyl (C=O) groups is 1. The van der Waals surface area contributed by atoms with Gasteiger partial charge in [-0.15, -0.1) is 10.2 Å². The molecule has 4 aromatic rings. The number of nitrogens with one attached hydrogen (secondary N) is 2.